The second kappa shape index (κ2) is 19.1. The van der Waals surface area contributed by atoms with E-state index in [0.29, 0.717) is 0 Å². The van der Waals surface area contributed by atoms with Crippen LogP contribution in [0.2, 0.25) is 0 Å². The van der Waals surface area contributed by atoms with Crippen LogP contribution in [0.4, 0.5) is 22.7 Å². The van der Waals surface area contributed by atoms with Crippen molar-refractivity contribution in [1.82, 2.24) is 0 Å². The molecule has 0 aromatic heterocycles. The third-order valence-electron chi connectivity index (χ3n) is 5.41. The molecule has 0 bridgehead atoms. The molecule has 0 radical (unpaired) electrons. The molecular formula is C32H40N4O4Ti-4. The SMILES string of the molecule is CN(C)c1ccc([O-])cc1.CN(C)c1ccc([O-])cc1.CN(C)c1ccc([O-])cc1.CN(C)c1ccc([O-])cc1.[Ti]. The van der Waals surface area contributed by atoms with E-state index < -0.39 is 0 Å². The van der Waals surface area contributed by atoms with Crippen LogP contribution in [-0.2, 0) is 21.7 Å². The van der Waals surface area contributed by atoms with Gasteiger partial charge in [-0.05, 0) is 48.5 Å². The Hall–Kier alpha value is -4.01. The summed E-state index contributed by atoms with van der Waals surface area (Å²) in [6.45, 7) is 0. The summed E-state index contributed by atoms with van der Waals surface area (Å²) in [7, 11) is 15.6. The molecule has 8 nitrogen and oxygen atoms in total. The molecule has 0 aliphatic carbocycles. The van der Waals surface area contributed by atoms with Crippen molar-refractivity contribution in [3.8, 4) is 23.0 Å². The monoisotopic (exact) mass is 592 g/mol. The predicted molar refractivity (Wildman–Crippen MR) is 161 cm³/mol. The van der Waals surface area contributed by atoms with Gasteiger partial charge in [-0.15, -0.1) is 23.0 Å². The minimum atomic E-state index is 0. The largest absolute Gasteiger partial charge is 0.872 e. The number of hydrogen-bond acceptors (Lipinski definition) is 8. The molecule has 0 N–H and O–H groups in total. The second-order valence-corrected chi connectivity index (χ2v) is 9.55. The maximum atomic E-state index is 10.6. The summed E-state index contributed by atoms with van der Waals surface area (Å²) in [4.78, 5) is 7.83. The smallest absolute Gasteiger partial charge is 0.0360 e. The Morgan fingerprint density at radius 3 is 0.512 bits per heavy atom. The van der Waals surface area contributed by atoms with Crippen LogP contribution in [0.1, 0.15) is 0 Å². The molecule has 0 amide bonds. The van der Waals surface area contributed by atoms with Crippen LogP contribution in [0.25, 0.3) is 0 Å². The fraction of sp³-hybridized carbons (Fsp3) is 0.250. The summed E-state index contributed by atoms with van der Waals surface area (Å²) in [5.41, 5.74) is 4.22. The summed E-state index contributed by atoms with van der Waals surface area (Å²) >= 11 is 0. The van der Waals surface area contributed by atoms with Gasteiger partial charge in [0, 0.05) is 101 Å². The van der Waals surface area contributed by atoms with Gasteiger partial charge < -0.3 is 40.0 Å². The number of rotatable bonds is 4. The fourth-order valence-electron chi connectivity index (χ4n) is 2.98. The molecule has 0 aliphatic heterocycles. The third kappa shape index (κ3) is 15.4. The van der Waals surface area contributed by atoms with Crippen molar-refractivity contribution in [2.24, 2.45) is 0 Å². The Kier molecular flexibility index (Phi) is 17.3. The Balaban J connectivity index is 0.000000516. The predicted octanol–water partition coefficient (Wildman–Crippen LogP) is 3.30. The summed E-state index contributed by atoms with van der Waals surface area (Å²) in [5.74, 6) is 0.243. The Labute approximate surface area is 260 Å². The number of anilines is 4. The van der Waals surface area contributed by atoms with Crippen molar-refractivity contribution in [2.75, 3.05) is 76.0 Å². The molecule has 0 heterocycles. The van der Waals surface area contributed by atoms with E-state index in [4.69, 9.17) is 0 Å². The molecule has 9 heteroatoms. The summed E-state index contributed by atoms with van der Waals surface area (Å²) < 4.78 is 0. The van der Waals surface area contributed by atoms with Gasteiger partial charge in [-0.1, -0.05) is 48.5 Å². The van der Waals surface area contributed by atoms with E-state index in [1.54, 1.807) is 48.5 Å². The number of benzene rings is 4. The molecule has 4 rings (SSSR count). The van der Waals surface area contributed by atoms with Gasteiger partial charge in [0.25, 0.3) is 0 Å². The van der Waals surface area contributed by atoms with Crippen LogP contribution >= 0.6 is 0 Å². The Morgan fingerprint density at radius 2 is 0.415 bits per heavy atom. The van der Waals surface area contributed by atoms with Crippen molar-refractivity contribution in [3.05, 3.63) is 97.1 Å². The molecule has 0 fully saturated rings. The van der Waals surface area contributed by atoms with Crippen LogP contribution in [0.3, 0.4) is 0 Å². The minimum Gasteiger partial charge on any atom is -0.872 e. The second-order valence-electron chi connectivity index (χ2n) is 9.55. The van der Waals surface area contributed by atoms with Crippen LogP contribution in [0.15, 0.2) is 97.1 Å². The molecule has 0 spiro atoms. The van der Waals surface area contributed by atoms with Crippen molar-refractivity contribution in [3.63, 3.8) is 0 Å². The van der Waals surface area contributed by atoms with Gasteiger partial charge in [0.05, 0.1) is 0 Å². The zero-order valence-electron chi connectivity index (χ0n) is 25.2. The Morgan fingerprint density at radius 1 is 0.293 bits per heavy atom. The van der Waals surface area contributed by atoms with E-state index in [2.05, 4.69) is 0 Å². The minimum absolute atomic E-state index is 0. The van der Waals surface area contributed by atoms with Crippen molar-refractivity contribution in [2.45, 2.75) is 0 Å². The van der Waals surface area contributed by atoms with E-state index in [9.17, 15) is 20.4 Å². The summed E-state index contributed by atoms with van der Waals surface area (Å²) in [6.07, 6.45) is 0. The topological polar surface area (TPSA) is 105 Å². The van der Waals surface area contributed by atoms with Gasteiger partial charge >= 0.3 is 0 Å². The van der Waals surface area contributed by atoms with E-state index >= 15 is 0 Å². The first-order valence-electron chi connectivity index (χ1n) is 12.6. The van der Waals surface area contributed by atoms with Gasteiger partial charge in [0.1, 0.15) is 0 Å². The maximum Gasteiger partial charge on any atom is 0.0360 e. The van der Waals surface area contributed by atoms with Gasteiger partial charge in [-0.25, -0.2) is 0 Å². The average Bonchev–Trinajstić information content (AvgIpc) is 2.91. The van der Waals surface area contributed by atoms with E-state index in [1.165, 1.54) is 0 Å². The Bertz CT molecular complexity index is 1020. The van der Waals surface area contributed by atoms with Crippen molar-refractivity contribution in [1.29, 1.82) is 0 Å². The van der Waals surface area contributed by atoms with Crippen LogP contribution < -0.4 is 40.0 Å². The molecule has 0 atom stereocenters. The van der Waals surface area contributed by atoms with Crippen molar-refractivity contribution < 1.29 is 42.1 Å². The summed E-state index contributed by atoms with van der Waals surface area (Å²) in [5, 5.41) is 42.5. The zero-order chi connectivity index (χ0) is 30.2. The molecule has 0 saturated carbocycles. The molecule has 4 aromatic rings. The summed E-state index contributed by atoms with van der Waals surface area (Å²) in [6, 6.07) is 27.0. The zero-order valence-corrected chi connectivity index (χ0v) is 26.7. The molecule has 41 heavy (non-hydrogen) atoms. The van der Waals surface area contributed by atoms with Crippen LogP contribution in [0, 0.1) is 0 Å². The van der Waals surface area contributed by atoms with Crippen LogP contribution in [-0.4, -0.2) is 56.4 Å². The molecule has 0 saturated heterocycles. The van der Waals surface area contributed by atoms with E-state index in [1.807, 2.05) is 125 Å². The average molecular weight is 593 g/mol. The molecule has 220 valence electrons. The van der Waals surface area contributed by atoms with Crippen molar-refractivity contribution >= 4 is 22.7 Å². The first kappa shape index (κ1) is 37.0. The van der Waals surface area contributed by atoms with Gasteiger partial charge in [-0.3, -0.25) is 0 Å². The molecular weight excluding hydrogens is 552 g/mol. The fourth-order valence-corrected chi connectivity index (χ4v) is 2.98. The standard InChI is InChI=1S/4C8H11NO.Ti/c4*1-9(2)7-3-5-8(10)6-4-7;/h4*3-6,10H,1-2H3;/p-4. The molecule has 0 aliphatic rings. The first-order valence-corrected chi connectivity index (χ1v) is 12.6. The van der Waals surface area contributed by atoms with E-state index in [0.717, 1.165) is 22.7 Å². The maximum absolute atomic E-state index is 10.6. The van der Waals surface area contributed by atoms with Gasteiger partial charge in [-0.2, -0.15) is 0 Å². The number of nitrogens with zero attached hydrogens (tertiary/aromatic N) is 4. The normalized spacial score (nSPS) is 9.17. The molecule has 4 aromatic carbocycles. The third-order valence-corrected chi connectivity index (χ3v) is 5.41. The first-order chi connectivity index (χ1) is 18.8. The molecule has 0 unspecified atom stereocenters. The number of hydrogen-bond donors (Lipinski definition) is 0. The van der Waals surface area contributed by atoms with Crippen LogP contribution in [0.5, 0.6) is 23.0 Å². The van der Waals surface area contributed by atoms with Gasteiger partial charge in [0.2, 0.25) is 0 Å². The quantitative estimate of drug-likeness (QED) is 0.333. The van der Waals surface area contributed by atoms with Gasteiger partial charge in [0.15, 0.2) is 0 Å². The van der Waals surface area contributed by atoms with E-state index in [-0.39, 0.29) is 44.7 Å².